The molecule has 2 aromatic rings. The van der Waals surface area contributed by atoms with Crippen molar-refractivity contribution in [3.05, 3.63) is 22.8 Å². The molecule has 0 bridgehead atoms. The van der Waals surface area contributed by atoms with Gasteiger partial charge in [-0.2, -0.15) is 4.98 Å². The zero-order valence-corrected chi connectivity index (χ0v) is 18.0. The topological polar surface area (TPSA) is 146 Å². The maximum atomic E-state index is 11.8. The van der Waals surface area contributed by atoms with Crippen LogP contribution in [-0.4, -0.2) is 49.9 Å². The lowest BCUT2D eigenvalue weighted by molar-refractivity contribution is 0.0569. The Labute approximate surface area is 171 Å². The number of anilines is 2. The number of hydrogen-bond donors (Lipinski definition) is 3. The van der Waals surface area contributed by atoms with E-state index in [2.05, 4.69) is 31.2 Å². The molecule has 1 heterocycles. The van der Waals surface area contributed by atoms with Crippen molar-refractivity contribution < 1.29 is 27.7 Å². The Balaban J connectivity index is 2.41. The molecule has 4 N–H and O–H groups in total. The largest absolute Gasteiger partial charge is 0.495 e. The van der Waals surface area contributed by atoms with E-state index in [1.807, 2.05) is 0 Å². The first-order valence-electron chi connectivity index (χ1n) is 8.00. The average Bonchev–Trinajstić information content (AvgIpc) is 2.62. The van der Waals surface area contributed by atoms with Crippen LogP contribution in [0.4, 0.5) is 11.6 Å². The third-order valence-electron chi connectivity index (χ3n) is 3.69. The summed E-state index contributed by atoms with van der Waals surface area (Å²) in [5.74, 6) is 0.399. The van der Waals surface area contributed by atoms with Crippen molar-refractivity contribution in [1.82, 2.24) is 9.97 Å². The van der Waals surface area contributed by atoms with E-state index in [1.165, 1.54) is 32.5 Å². The maximum Gasteiger partial charge on any atom is 0.245 e. The molecule has 0 spiro atoms. The Morgan fingerprint density at radius 3 is 2.25 bits per heavy atom. The van der Waals surface area contributed by atoms with E-state index >= 15 is 0 Å². The Morgan fingerprint density at radius 2 is 1.79 bits per heavy atom. The Morgan fingerprint density at radius 1 is 1.21 bits per heavy atom. The van der Waals surface area contributed by atoms with Crippen LogP contribution in [-0.2, 0) is 10.0 Å². The molecule has 1 aromatic carbocycles. The van der Waals surface area contributed by atoms with Gasteiger partial charge in [0, 0.05) is 17.8 Å². The van der Waals surface area contributed by atoms with Crippen LogP contribution in [0.1, 0.15) is 13.8 Å². The van der Waals surface area contributed by atoms with Crippen molar-refractivity contribution in [2.75, 3.05) is 19.5 Å². The van der Waals surface area contributed by atoms with Crippen LogP contribution in [0.2, 0.25) is 0 Å². The highest BCUT2D eigenvalue weighted by atomic mass is 79.9. The average molecular weight is 477 g/mol. The number of rotatable bonds is 8. The quantitative estimate of drug-likeness (QED) is 0.518. The molecule has 0 saturated heterocycles. The Hall–Kier alpha value is -2.15. The minimum absolute atomic E-state index is 0.000614. The summed E-state index contributed by atoms with van der Waals surface area (Å²) >= 11 is 3.29. The number of ether oxygens (including phenoxy) is 3. The van der Waals surface area contributed by atoms with Crippen LogP contribution in [0, 0.1) is 0 Å². The number of aromatic nitrogens is 2. The zero-order chi connectivity index (χ0) is 21.1. The molecule has 0 aliphatic carbocycles. The molecule has 28 heavy (non-hydrogen) atoms. The molecule has 0 radical (unpaired) electrons. The number of benzene rings is 1. The third-order valence-corrected chi connectivity index (χ3v) is 5.21. The predicted molar refractivity (Wildman–Crippen MR) is 106 cm³/mol. The summed E-state index contributed by atoms with van der Waals surface area (Å²) in [6.45, 7) is 3.30. The molecule has 0 amide bonds. The smallest absolute Gasteiger partial charge is 0.245 e. The van der Waals surface area contributed by atoms with E-state index in [0.717, 1.165) is 0 Å². The molecule has 0 aliphatic heterocycles. The lowest BCUT2D eigenvalue weighted by Crippen LogP contribution is -2.26. The second kappa shape index (κ2) is 8.90. The molecule has 0 fully saturated rings. The number of nitrogens with two attached hydrogens (primary N) is 1. The van der Waals surface area contributed by atoms with Crippen molar-refractivity contribution in [1.29, 1.82) is 0 Å². The van der Waals surface area contributed by atoms with Crippen LogP contribution in [0.25, 0.3) is 0 Å². The maximum absolute atomic E-state index is 11.8. The van der Waals surface area contributed by atoms with E-state index in [-0.39, 0.29) is 28.2 Å². The van der Waals surface area contributed by atoms with Crippen LogP contribution in [0.15, 0.2) is 27.7 Å². The van der Waals surface area contributed by atoms with Gasteiger partial charge in [-0.15, -0.1) is 0 Å². The molecule has 0 unspecified atom stereocenters. The summed E-state index contributed by atoms with van der Waals surface area (Å²) < 4.78 is 40.0. The van der Waals surface area contributed by atoms with Crippen LogP contribution < -0.4 is 24.7 Å². The van der Waals surface area contributed by atoms with Crippen molar-refractivity contribution >= 4 is 37.6 Å². The Bertz CT molecular complexity index is 929. The van der Waals surface area contributed by atoms with Gasteiger partial charge in [0.2, 0.25) is 21.9 Å². The fraction of sp³-hybridized carbons (Fsp3) is 0.375. The van der Waals surface area contributed by atoms with E-state index in [1.54, 1.807) is 13.8 Å². The molecule has 154 valence electrons. The van der Waals surface area contributed by atoms with Gasteiger partial charge in [0.1, 0.15) is 17.6 Å². The van der Waals surface area contributed by atoms with Gasteiger partial charge in [0.25, 0.3) is 0 Å². The molecule has 1 aromatic heterocycles. The molecule has 0 aliphatic rings. The highest BCUT2D eigenvalue weighted by molar-refractivity contribution is 9.10. The minimum Gasteiger partial charge on any atom is -0.495 e. The molecular formula is C16H21BrN4O6S. The number of aliphatic hydroxyl groups excluding tert-OH is 1. The molecule has 12 heteroatoms. The summed E-state index contributed by atoms with van der Waals surface area (Å²) in [6.07, 6.45) is 0.290. The number of aliphatic hydroxyl groups is 1. The number of nitrogens with zero attached hydrogens (tertiary/aromatic N) is 2. The number of sulfonamides is 1. The van der Waals surface area contributed by atoms with Gasteiger partial charge in [0.15, 0.2) is 4.90 Å². The number of nitrogens with one attached hydrogen (secondary N) is 1. The van der Waals surface area contributed by atoms with Crippen LogP contribution >= 0.6 is 15.9 Å². The van der Waals surface area contributed by atoms with Gasteiger partial charge in [-0.05, 0) is 29.8 Å². The lowest BCUT2D eigenvalue weighted by Gasteiger charge is -2.18. The molecular weight excluding hydrogens is 456 g/mol. The predicted octanol–water partition coefficient (Wildman–Crippen LogP) is 1.80. The first-order chi connectivity index (χ1) is 13.1. The second-order valence-corrected chi connectivity index (χ2v) is 8.14. The van der Waals surface area contributed by atoms with E-state index < -0.39 is 22.2 Å². The van der Waals surface area contributed by atoms with E-state index in [0.29, 0.717) is 10.2 Å². The van der Waals surface area contributed by atoms with Crippen molar-refractivity contribution in [2.24, 2.45) is 5.14 Å². The minimum atomic E-state index is -4.07. The van der Waals surface area contributed by atoms with Gasteiger partial charge >= 0.3 is 0 Å². The van der Waals surface area contributed by atoms with Crippen LogP contribution in [0.3, 0.4) is 0 Å². The number of halogens is 1. The zero-order valence-electron chi connectivity index (χ0n) is 15.6. The summed E-state index contributed by atoms with van der Waals surface area (Å²) in [6, 6.07) is 2.85. The fourth-order valence-electron chi connectivity index (χ4n) is 2.13. The van der Waals surface area contributed by atoms with Gasteiger partial charge < -0.3 is 24.6 Å². The SMILES string of the molecule is COc1cc(Nc2ncc(Br)c(O[C@H](C)[C@@H](C)O)n2)cc(OC)c1S(N)(=O)=O. The number of primary sulfonamides is 1. The van der Waals surface area contributed by atoms with Gasteiger partial charge in [0.05, 0.1) is 31.0 Å². The Kier molecular flexibility index (Phi) is 7.04. The van der Waals surface area contributed by atoms with Gasteiger partial charge in [-0.3, -0.25) is 0 Å². The molecule has 2 atom stereocenters. The molecule has 2 rings (SSSR count). The third kappa shape index (κ3) is 5.22. The fourth-order valence-corrected chi connectivity index (χ4v) is 3.26. The highest BCUT2D eigenvalue weighted by Crippen LogP contribution is 2.36. The summed E-state index contributed by atoms with van der Waals surface area (Å²) in [5.41, 5.74) is 0.401. The highest BCUT2D eigenvalue weighted by Gasteiger charge is 2.23. The first kappa shape index (κ1) is 22.1. The number of hydrogen-bond acceptors (Lipinski definition) is 9. The second-order valence-electron chi connectivity index (χ2n) is 5.79. The normalized spacial score (nSPS) is 13.5. The molecule has 0 saturated carbocycles. The van der Waals surface area contributed by atoms with Crippen LogP contribution in [0.5, 0.6) is 17.4 Å². The van der Waals surface area contributed by atoms with Gasteiger partial charge in [-0.1, -0.05) is 0 Å². The lowest BCUT2D eigenvalue weighted by atomic mass is 10.2. The van der Waals surface area contributed by atoms with Crippen molar-refractivity contribution in [3.8, 4) is 17.4 Å². The summed E-state index contributed by atoms with van der Waals surface area (Å²) in [7, 11) is -1.45. The first-order valence-corrected chi connectivity index (χ1v) is 10.3. The van der Waals surface area contributed by atoms with E-state index in [4.69, 9.17) is 19.3 Å². The standard InChI is InChI=1S/C16H21BrN4O6S/c1-8(22)9(2)27-15-11(17)7-19-16(21-15)20-10-5-12(25-3)14(28(18,23)24)13(6-10)26-4/h5-9,22H,1-4H3,(H2,18,23,24)(H,19,20,21)/t8-,9-/m1/s1. The monoisotopic (exact) mass is 476 g/mol. The van der Waals surface area contributed by atoms with Crippen molar-refractivity contribution in [2.45, 2.75) is 31.0 Å². The summed E-state index contributed by atoms with van der Waals surface area (Å²) in [4.78, 5) is 8.11. The number of methoxy groups -OCH3 is 2. The molecule has 10 nitrogen and oxygen atoms in total. The summed E-state index contributed by atoms with van der Waals surface area (Å²) in [5, 5.41) is 17.8. The van der Waals surface area contributed by atoms with E-state index in [9.17, 15) is 13.5 Å². The van der Waals surface area contributed by atoms with Crippen molar-refractivity contribution in [3.63, 3.8) is 0 Å². The van der Waals surface area contributed by atoms with Gasteiger partial charge in [-0.25, -0.2) is 18.5 Å².